The van der Waals surface area contributed by atoms with E-state index in [1.807, 2.05) is 13.8 Å². The fourth-order valence-electron chi connectivity index (χ4n) is 3.32. The summed E-state index contributed by atoms with van der Waals surface area (Å²) >= 11 is 12.3. The second kappa shape index (κ2) is 10.2. The topological polar surface area (TPSA) is 89.6 Å². The number of carboxylic acid groups (broad SMARTS) is 1. The molecule has 0 spiro atoms. The van der Waals surface area contributed by atoms with Gasteiger partial charge >= 0.3 is 5.97 Å². The largest absolute Gasteiger partial charge is 0.482 e. The normalized spacial score (nSPS) is 11.1. The number of carbonyl (C=O) groups is 2. The van der Waals surface area contributed by atoms with E-state index in [0.29, 0.717) is 50.7 Å². The second-order valence-electron chi connectivity index (χ2n) is 7.69. The fourth-order valence-corrected chi connectivity index (χ4v) is 3.81. The lowest BCUT2D eigenvalue weighted by Gasteiger charge is -2.09. The number of halogens is 2. The minimum absolute atomic E-state index is 0.0453. The standard InChI is InChI=1S/C24H23Cl2NO5/c1-13(2)23-20(27-24(32-23)18-6-4-15(25)11-19(18)26)8-9-21(28)17-7-5-16(10-14(17)3)31-12-22(29)30/h4-7,10-11,13H,8-9,12H2,1-3H3,(H,29,30). The molecule has 0 saturated carbocycles. The Morgan fingerprint density at radius 2 is 1.91 bits per heavy atom. The highest BCUT2D eigenvalue weighted by Crippen LogP contribution is 2.33. The molecule has 0 saturated heterocycles. The number of Topliss-reactive ketones (excluding diaryl/α,β-unsaturated/α-hetero) is 1. The van der Waals surface area contributed by atoms with Gasteiger partial charge in [0.25, 0.3) is 0 Å². The van der Waals surface area contributed by atoms with Crippen molar-refractivity contribution in [2.24, 2.45) is 0 Å². The maximum absolute atomic E-state index is 12.8. The van der Waals surface area contributed by atoms with E-state index in [0.717, 1.165) is 5.56 Å². The maximum atomic E-state index is 12.8. The Hall–Kier alpha value is -2.83. The third-order valence-corrected chi connectivity index (χ3v) is 5.41. The molecular formula is C24H23Cl2NO5. The summed E-state index contributed by atoms with van der Waals surface area (Å²) in [5.74, 6) is 0.498. The van der Waals surface area contributed by atoms with Crippen molar-refractivity contribution < 1.29 is 23.8 Å². The van der Waals surface area contributed by atoms with Crippen LogP contribution < -0.4 is 4.74 Å². The molecule has 3 aromatic rings. The van der Waals surface area contributed by atoms with Gasteiger partial charge in [0.05, 0.1) is 16.3 Å². The van der Waals surface area contributed by atoms with Gasteiger partial charge in [0, 0.05) is 29.3 Å². The van der Waals surface area contributed by atoms with E-state index in [9.17, 15) is 9.59 Å². The van der Waals surface area contributed by atoms with E-state index < -0.39 is 12.6 Å². The monoisotopic (exact) mass is 475 g/mol. The minimum Gasteiger partial charge on any atom is -0.482 e. The molecule has 0 bridgehead atoms. The number of benzene rings is 2. The highest BCUT2D eigenvalue weighted by Gasteiger charge is 2.20. The summed E-state index contributed by atoms with van der Waals surface area (Å²) in [6.07, 6.45) is 0.661. The summed E-state index contributed by atoms with van der Waals surface area (Å²) in [6, 6.07) is 10.0. The van der Waals surface area contributed by atoms with Gasteiger partial charge in [0.15, 0.2) is 12.4 Å². The Bertz CT molecular complexity index is 1150. The van der Waals surface area contributed by atoms with Crippen LogP contribution in [-0.2, 0) is 11.2 Å². The van der Waals surface area contributed by atoms with E-state index in [1.54, 1.807) is 43.3 Å². The van der Waals surface area contributed by atoms with Gasteiger partial charge in [-0.25, -0.2) is 9.78 Å². The second-order valence-corrected chi connectivity index (χ2v) is 8.53. The van der Waals surface area contributed by atoms with Crippen molar-refractivity contribution >= 4 is 35.0 Å². The number of nitrogens with zero attached hydrogens (tertiary/aromatic N) is 1. The summed E-state index contributed by atoms with van der Waals surface area (Å²) in [4.78, 5) is 28.1. The molecule has 1 heterocycles. The number of hydrogen-bond donors (Lipinski definition) is 1. The molecule has 0 fully saturated rings. The molecule has 0 aliphatic rings. The minimum atomic E-state index is -1.06. The number of aryl methyl sites for hydroxylation is 2. The predicted molar refractivity (Wildman–Crippen MR) is 123 cm³/mol. The molecule has 3 rings (SSSR count). The summed E-state index contributed by atoms with van der Waals surface area (Å²) in [5.41, 5.74) is 2.63. The van der Waals surface area contributed by atoms with Crippen molar-refractivity contribution in [1.82, 2.24) is 4.98 Å². The lowest BCUT2D eigenvalue weighted by Crippen LogP contribution is -2.10. The Morgan fingerprint density at radius 3 is 2.53 bits per heavy atom. The van der Waals surface area contributed by atoms with Gasteiger partial charge in [-0.15, -0.1) is 0 Å². The molecular weight excluding hydrogens is 453 g/mol. The van der Waals surface area contributed by atoms with E-state index >= 15 is 0 Å². The SMILES string of the molecule is Cc1cc(OCC(=O)O)ccc1C(=O)CCc1nc(-c2ccc(Cl)cc2Cl)oc1C(C)C. The zero-order valence-corrected chi connectivity index (χ0v) is 19.5. The van der Waals surface area contributed by atoms with E-state index in [1.165, 1.54) is 0 Å². The summed E-state index contributed by atoms with van der Waals surface area (Å²) in [6.45, 7) is 5.35. The number of ether oxygens (including phenoxy) is 1. The number of oxazole rings is 1. The Kier molecular flexibility index (Phi) is 7.59. The summed E-state index contributed by atoms with van der Waals surface area (Å²) < 4.78 is 11.2. The van der Waals surface area contributed by atoms with Gasteiger partial charge in [-0.3, -0.25) is 4.79 Å². The van der Waals surface area contributed by atoms with Crippen LogP contribution >= 0.6 is 23.2 Å². The average molecular weight is 476 g/mol. The molecule has 2 aromatic carbocycles. The molecule has 0 radical (unpaired) electrons. The number of ketones is 1. The van der Waals surface area contributed by atoms with Crippen molar-refractivity contribution in [3.8, 4) is 17.2 Å². The van der Waals surface area contributed by atoms with E-state index in [-0.39, 0.29) is 18.1 Å². The van der Waals surface area contributed by atoms with Crippen LogP contribution in [0.2, 0.25) is 10.0 Å². The first-order chi connectivity index (χ1) is 15.2. The molecule has 8 heteroatoms. The molecule has 6 nitrogen and oxygen atoms in total. The Labute approximate surface area is 196 Å². The Balaban J connectivity index is 1.77. The smallest absolute Gasteiger partial charge is 0.341 e. The van der Waals surface area contributed by atoms with Crippen LogP contribution in [-0.4, -0.2) is 28.4 Å². The average Bonchev–Trinajstić information content (AvgIpc) is 3.14. The van der Waals surface area contributed by atoms with Gasteiger partial charge in [-0.05, 0) is 48.9 Å². The number of aliphatic carboxylic acids is 1. The highest BCUT2D eigenvalue weighted by atomic mass is 35.5. The van der Waals surface area contributed by atoms with Crippen LogP contribution in [0, 0.1) is 6.92 Å². The predicted octanol–water partition coefficient (Wildman–Crippen LogP) is 6.36. The molecule has 0 aliphatic heterocycles. The van der Waals surface area contributed by atoms with Crippen LogP contribution in [0.3, 0.4) is 0 Å². The number of hydrogen-bond acceptors (Lipinski definition) is 5. The van der Waals surface area contributed by atoms with E-state index in [2.05, 4.69) is 4.98 Å². The summed E-state index contributed by atoms with van der Waals surface area (Å²) in [7, 11) is 0. The van der Waals surface area contributed by atoms with Crippen LogP contribution in [0.5, 0.6) is 5.75 Å². The zero-order valence-electron chi connectivity index (χ0n) is 17.9. The van der Waals surface area contributed by atoms with Crippen molar-refractivity contribution in [3.63, 3.8) is 0 Å². The molecule has 168 valence electrons. The first kappa shape index (κ1) is 23.8. The Morgan fingerprint density at radius 1 is 1.16 bits per heavy atom. The number of aromatic nitrogens is 1. The van der Waals surface area contributed by atoms with Crippen molar-refractivity contribution in [3.05, 3.63) is 69.0 Å². The number of carbonyl (C=O) groups excluding carboxylic acids is 1. The summed E-state index contributed by atoms with van der Waals surface area (Å²) in [5, 5.41) is 9.69. The van der Waals surface area contributed by atoms with Crippen molar-refractivity contribution in [2.45, 2.75) is 39.5 Å². The van der Waals surface area contributed by atoms with E-state index in [4.69, 9.17) is 37.5 Å². The van der Waals surface area contributed by atoms with Crippen LogP contribution in [0.4, 0.5) is 0 Å². The third-order valence-electron chi connectivity index (χ3n) is 4.86. The van der Waals surface area contributed by atoms with Crippen LogP contribution in [0.25, 0.3) is 11.5 Å². The quantitative estimate of drug-likeness (QED) is 0.362. The van der Waals surface area contributed by atoms with Gasteiger partial charge in [-0.2, -0.15) is 0 Å². The molecule has 0 unspecified atom stereocenters. The van der Waals surface area contributed by atoms with Crippen molar-refractivity contribution in [1.29, 1.82) is 0 Å². The molecule has 1 N–H and O–H groups in total. The van der Waals surface area contributed by atoms with Gasteiger partial charge in [0.1, 0.15) is 11.5 Å². The molecule has 0 atom stereocenters. The molecule has 0 amide bonds. The molecule has 32 heavy (non-hydrogen) atoms. The highest BCUT2D eigenvalue weighted by molar-refractivity contribution is 6.36. The number of carboxylic acids is 1. The van der Waals surface area contributed by atoms with Gasteiger partial charge < -0.3 is 14.3 Å². The first-order valence-corrected chi connectivity index (χ1v) is 10.8. The van der Waals surface area contributed by atoms with Gasteiger partial charge in [-0.1, -0.05) is 37.0 Å². The molecule has 0 aliphatic carbocycles. The zero-order chi connectivity index (χ0) is 23.4. The maximum Gasteiger partial charge on any atom is 0.341 e. The van der Waals surface area contributed by atoms with Crippen LogP contribution in [0.15, 0.2) is 40.8 Å². The third kappa shape index (κ3) is 5.69. The first-order valence-electron chi connectivity index (χ1n) is 10.1. The number of rotatable bonds is 9. The van der Waals surface area contributed by atoms with Crippen molar-refractivity contribution in [2.75, 3.05) is 6.61 Å². The van der Waals surface area contributed by atoms with Gasteiger partial charge in [0.2, 0.25) is 5.89 Å². The van der Waals surface area contributed by atoms with Crippen LogP contribution in [0.1, 0.15) is 53.6 Å². The molecule has 1 aromatic heterocycles. The lowest BCUT2D eigenvalue weighted by molar-refractivity contribution is -0.139. The fraction of sp³-hybridized carbons (Fsp3) is 0.292. The lowest BCUT2D eigenvalue weighted by atomic mass is 9.99.